The highest BCUT2D eigenvalue weighted by atomic mass is 16.7. The number of para-hydroxylation sites is 1. The van der Waals surface area contributed by atoms with Crippen LogP contribution in [-0.2, 0) is 31.9 Å². The Balaban J connectivity index is 1.58. The minimum Gasteiger partial charge on any atom is -0.489 e. The molecule has 0 radical (unpaired) electrons. The van der Waals surface area contributed by atoms with E-state index in [0.29, 0.717) is 19.0 Å². The van der Waals surface area contributed by atoms with Crippen LogP contribution in [-0.4, -0.2) is 30.9 Å². The fourth-order valence-electron chi connectivity index (χ4n) is 3.72. The molecule has 1 aliphatic rings. The molecule has 0 saturated carbocycles. The molecule has 0 atom stereocenters. The van der Waals surface area contributed by atoms with Gasteiger partial charge in [-0.3, -0.25) is 4.79 Å². The lowest BCUT2D eigenvalue weighted by molar-refractivity contribution is -0.142. The number of benzene rings is 2. The summed E-state index contributed by atoms with van der Waals surface area (Å²) < 4.78 is 29.4. The lowest BCUT2D eigenvalue weighted by Gasteiger charge is -2.32. The molecule has 1 aliphatic heterocycles. The summed E-state index contributed by atoms with van der Waals surface area (Å²) >= 11 is 0. The van der Waals surface area contributed by atoms with Crippen LogP contribution in [0.1, 0.15) is 45.7 Å². The van der Waals surface area contributed by atoms with Gasteiger partial charge >= 0.3 is 13.1 Å². The van der Waals surface area contributed by atoms with Crippen LogP contribution in [0, 0.1) is 0 Å². The summed E-state index contributed by atoms with van der Waals surface area (Å²) in [6, 6.07) is 13.5. The van der Waals surface area contributed by atoms with Crippen molar-refractivity contribution in [3.05, 3.63) is 59.9 Å². The maximum Gasteiger partial charge on any atom is 0.498 e. The monoisotopic (exact) mass is 436 g/mol. The van der Waals surface area contributed by atoms with E-state index in [0.717, 1.165) is 27.6 Å². The van der Waals surface area contributed by atoms with Crippen LogP contribution in [0.3, 0.4) is 0 Å². The van der Waals surface area contributed by atoms with Gasteiger partial charge in [0, 0.05) is 16.4 Å². The van der Waals surface area contributed by atoms with Gasteiger partial charge in [0.1, 0.15) is 17.9 Å². The molecule has 168 valence electrons. The second-order valence-corrected chi connectivity index (χ2v) is 8.99. The number of carbonyl (C=O) groups is 1. The maximum atomic E-state index is 11.9. The van der Waals surface area contributed by atoms with E-state index in [9.17, 15) is 4.79 Å². The molecule has 1 saturated heterocycles. The fraction of sp³-hybridized carbons (Fsp3) is 0.400. The SMILES string of the molecule is CCOC(=O)Cc1ccccc1OCc1cc(B2OC(C)(C)C(C)(C)O2)c2occc2c1. The van der Waals surface area contributed by atoms with Crippen LogP contribution in [0.4, 0.5) is 0 Å². The van der Waals surface area contributed by atoms with Crippen molar-refractivity contribution in [2.24, 2.45) is 0 Å². The Morgan fingerprint density at radius 2 is 1.75 bits per heavy atom. The van der Waals surface area contributed by atoms with Gasteiger partial charge in [-0.2, -0.15) is 0 Å². The Hall–Kier alpha value is -2.77. The Morgan fingerprint density at radius 1 is 1.03 bits per heavy atom. The van der Waals surface area contributed by atoms with Crippen molar-refractivity contribution < 1.29 is 28.0 Å². The molecular weight excluding hydrogens is 407 g/mol. The first kappa shape index (κ1) is 22.4. The molecule has 2 aromatic carbocycles. The number of furan rings is 1. The Morgan fingerprint density at radius 3 is 2.47 bits per heavy atom. The van der Waals surface area contributed by atoms with Gasteiger partial charge in [0.25, 0.3) is 0 Å². The number of fused-ring (bicyclic) bond motifs is 1. The molecule has 32 heavy (non-hydrogen) atoms. The molecule has 0 N–H and O–H groups in total. The van der Waals surface area contributed by atoms with E-state index < -0.39 is 18.3 Å². The lowest BCUT2D eigenvalue weighted by atomic mass is 9.77. The first-order valence-corrected chi connectivity index (χ1v) is 10.9. The summed E-state index contributed by atoms with van der Waals surface area (Å²) in [5.74, 6) is 0.386. The van der Waals surface area contributed by atoms with Crippen LogP contribution in [0.25, 0.3) is 11.0 Å². The van der Waals surface area contributed by atoms with E-state index in [4.69, 9.17) is 23.2 Å². The topological polar surface area (TPSA) is 67.1 Å². The van der Waals surface area contributed by atoms with Gasteiger partial charge in [-0.1, -0.05) is 24.3 Å². The van der Waals surface area contributed by atoms with Crippen LogP contribution in [0.2, 0.25) is 0 Å². The highest BCUT2D eigenvalue weighted by molar-refractivity contribution is 6.64. The number of hydrogen-bond donors (Lipinski definition) is 0. The normalized spacial score (nSPS) is 17.0. The number of carbonyl (C=O) groups excluding carboxylic acids is 1. The van der Waals surface area contributed by atoms with E-state index in [1.165, 1.54) is 0 Å². The molecule has 0 bridgehead atoms. The molecule has 0 aliphatic carbocycles. The third-order valence-electron chi connectivity index (χ3n) is 6.15. The molecule has 2 heterocycles. The predicted molar refractivity (Wildman–Crippen MR) is 123 cm³/mol. The van der Waals surface area contributed by atoms with Crippen molar-refractivity contribution in [1.29, 1.82) is 0 Å². The Kier molecular flexibility index (Phi) is 6.06. The van der Waals surface area contributed by atoms with E-state index in [2.05, 4.69) is 0 Å². The second kappa shape index (κ2) is 8.64. The molecule has 6 nitrogen and oxygen atoms in total. The highest BCUT2D eigenvalue weighted by Crippen LogP contribution is 2.37. The summed E-state index contributed by atoms with van der Waals surface area (Å²) in [7, 11) is -0.537. The number of ether oxygens (including phenoxy) is 2. The largest absolute Gasteiger partial charge is 0.498 e. The first-order valence-electron chi connectivity index (χ1n) is 10.9. The molecule has 1 aromatic heterocycles. The van der Waals surface area contributed by atoms with Crippen LogP contribution in [0.5, 0.6) is 5.75 Å². The Bertz CT molecular complexity index is 1100. The summed E-state index contributed by atoms with van der Waals surface area (Å²) in [5, 5.41) is 0.954. The Labute approximate surface area is 188 Å². The lowest BCUT2D eigenvalue weighted by Crippen LogP contribution is -2.41. The molecular formula is C25H29BO6. The molecule has 0 unspecified atom stereocenters. The van der Waals surface area contributed by atoms with Crippen LogP contribution < -0.4 is 10.2 Å². The van der Waals surface area contributed by atoms with Gasteiger partial charge in [-0.25, -0.2) is 0 Å². The van der Waals surface area contributed by atoms with Crippen LogP contribution in [0.15, 0.2) is 53.1 Å². The van der Waals surface area contributed by atoms with Gasteiger partial charge in [0.2, 0.25) is 0 Å². The van der Waals surface area contributed by atoms with E-state index in [1.807, 2.05) is 70.2 Å². The van der Waals surface area contributed by atoms with E-state index in [-0.39, 0.29) is 12.4 Å². The zero-order chi connectivity index (χ0) is 22.9. The molecule has 1 fully saturated rings. The van der Waals surface area contributed by atoms with Gasteiger partial charge in [-0.15, -0.1) is 0 Å². The zero-order valence-corrected chi connectivity index (χ0v) is 19.3. The average molecular weight is 436 g/mol. The minimum absolute atomic E-state index is 0.171. The van der Waals surface area contributed by atoms with E-state index >= 15 is 0 Å². The number of esters is 1. The first-order chi connectivity index (χ1) is 15.2. The van der Waals surface area contributed by atoms with Crippen molar-refractivity contribution in [3.63, 3.8) is 0 Å². The molecule has 3 aromatic rings. The standard InChI is InChI=1S/C25H29BO6/c1-6-28-22(27)15-18-9-7-8-10-21(18)30-16-17-13-19-11-12-29-23(19)20(14-17)26-31-24(2,3)25(4,5)32-26/h7-14H,6,15-16H2,1-5H3. The molecule has 7 heteroatoms. The summed E-state index contributed by atoms with van der Waals surface area (Å²) in [6.45, 7) is 10.6. The molecule has 0 spiro atoms. The van der Waals surface area contributed by atoms with Crippen molar-refractivity contribution in [2.45, 2.75) is 58.8 Å². The van der Waals surface area contributed by atoms with Crippen molar-refractivity contribution in [2.75, 3.05) is 6.61 Å². The van der Waals surface area contributed by atoms with E-state index in [1.54, 1.807) is 13.2 Å². The van der Waals surface area contributed by atoms with Gasteiger partial charge in [0.15, 0.2) is 0 Å². The summed E-state index contributed by atoms with van der Waals surface area (Å²) in [6.07, 6.45) is 1.84. The highest BCUT2D eigenvalue weighted by Gasteiger charge is 2.52. The van der Waals surface area contributed by atoms with Crippen molar-refractivity contribution in [1.82, 2.24) is 0 Å². The fourth-order valence-corrected chi connectivity index (χ4v) is 3.72. The predicted octanol–water partition coefficient (Wildman–Crippen LogP) is 4.42. The van der Waals surface area contributed by atoms with Gasteiger partial charge in [-0.05, 0) is 58.4 Å². The van der Waals surface area contributed by atoms with Crippen molar-refractivity contribution in [3.8, 4) is 5.75 Å². The van der Waals surface area contributed by atoms with Crippen molar-refractivity contribution >= 4 is 29.5 Å². The number of rotatable bonds is 7. The third kappa shape index (κ3) is 4.40. The summed E-state index contributed by atoms with van der Waals surface area (Å²) in [5.41, 5.74) is 2.43. The van der Waals surface area contributed by atoms with Crippen LogP contribution >= 0.6 is 0 Å². The number of hydrogen-bond acceptors (Lipinski definition) is 6. The maximum absolute atomic E-state index is 11.9. The summed E-state index contributed by atoms with van der Waals surface area (Å²) in [4.78, 5) is 11.9. The zero-order valence-electron chi connectivity index (χ0n) is 19.3. The average Bonchev–Trinajstić information content (AvgIpc) is 3.28. The second-order valence-electron chi connectivity index (χ2n) is 8.99. The molecule has 4 rings (SSSR count). The smallest absolute Gasteiger partial charge is 0.489 e. The van der Waals surface area contributed by atoms with Gasteiger partial charge < -0.3 is 23.2 Å². The van der Waals surface area contributed by atoms with Gasteiger partial charge in [0.05, 0.1) is 30.5 Å². The minimum atomic E-state index is -0.537. The third-order valence-corrected chi connectivity index (χ3v) is 6.15. The quantitative estimate of drug-likeness (QED) is 0.404. The molecule has 0 amide bonds.